The molecule has 17 heavy (non-hydrogen) atoms. The van der Waals surface area contributed by atoms with Crippen molar-refractivity contribution in [1.29, 1.82) is 0 Å². The van der Waals surface area contributed by atoms with Gasteiger partial charge in [-0.2, -0.15) is 0 Å². The molecule has 2 bridgehead atoms. The van der Waals surface area contributed by atoms with Crippen LogP contribution in [0, 0.1) is 17.8 Å². The lowest BCUT2D eigenvalue weighted by Gasteiger charge is -2.27. The van der Waals surface area contributed by atoms with E-state index in [0.717, 1.165) is 30.6 Å². The maximum absolute atomic E-state index is 6.45. The molecule has 2 N–H and O–H groups in total. The first-order valence-electron chi connectivity index (χ1n) is 7.09. The molecule has 3 rings (SSSR count). The summed E-state index contributed by atoms with van der Waals surface area (Å²) in [7, 11) is 0. The molecule has 0 aliphatic heterocycles. The molecular weight excluding hydrogens is 226 g/mol. The van der Waals surface area contributed by atoms with Crippen molar-refractivity contribution in [1.82, 2.24) is 0 Å². The minimum Gasteiger partial charge on any atom is -0.327 e. The summed E-state index contributed by atoms with van der Waals surface area (Å²) in [5, 5.41) is 0. The Balaban J connectivity index is 1.61. The zero-order valence-electron chi connectivity index (χ0n) is 10.7. The first-order chi connectivity index (χ1) is 8.26. The molecule has 1 heterocycles. The predicted octanol–water partition coefficient (Wildman–Crippen LogP) is 3.62. The Morgan fingerprint density at radius 2 is 2.12 bits per heavy atom. The van der Waals surface area contributed by atoms with Crippen LogP contribution in [-0.4, -0.2) is 6.04 Å². The highest BCUT2D eigenvalue weighted by Crippen LogP contribution is 2.49. The van der Waals surface area contributed by atoms with Crippen molar-refractivity contribution in [2.75, 3.05) is 0 Å². The Kier molecular flexibility index (Phi) is 3.27. The summed E-state index contributed by atoms with van der Waals surface area (Å²) in [5.41, 5.74) is 6.45. The average molecular weight is 249 g/mol. The van der Waals surface area contributed by atoms with Crippen LogP contribution >= 0.6 is 11.3 Å². The van der Waals surface area contributed by atoms with E-state index in [1.807, 2.05) is 11.3 Å². The van der Waals surface area contributed by atoms with E-state index < -0.39 is 0 Å². The first-order valence-corrected chi connectivity index (χ1v) is 7.91. The molecule has 2 heteroatoms. The summed E-state index contributed by atoms with van der Waals surface area (Å²) >= 11 is 1.96. The van der Waals surface area contributed by atoms with E-state index in [1.165, 1.54) is 35.4 Å². The average Bonchev–Trinajstić information content (AvgIpc) is 3.04. The number of hydrogen-bond acceptors (Lipinski definition) is 2. The molecule has 0 spiro atoms. The Hall–Kier alpha value is -0.340. The van der Waals surface area contributed by atoms with Crippen molar-refractivity contribution >= 4 is 11.3 Å². The summed E-state index contributed by atoms with van der Waals surface area (Å²) in [4.78, 5) is 3.00. The second-order valence-electron chi connectivity index (χ2n) is 5.93. The van der Waals surface area contributed by atoms with Crippen molar-refractivity contribution in [3.8, 4) is 0 Å². The van der Waals surface area contributed by atoms with E-state index in [2.05, 4.69) is 19.1 Å². The zero-order valence-corrected chi connectivity index (χ0v) is 11.5. The number of aryl methyl sites for hydroxylation is 1. The molecule has 1 nitrogen and oxygen atoms in total. The molecule has 2 aliphatic rings. The molecule has 2 aliphatic carbocycles. The highest BCUT2D eigenvalue weighted by atomic mass is 32.1. The third-order valence-electron chi connectivity index (χ3n) is 4.85. The van der Waals surface area contributed by atoms with Crippen LogP contribution in [0.1, 0.15) is 42.4 Å². The van der Waals surface area contributed by atoms with E-state index in [1.54, 1.807) is 0 Å². The van der Waals surface area contributed by atoms with Gasteiger partial charge in [0, 0.05) is 15.8 Å². The zero-order chi connectivity index (χ0) is 11.8. The van der Waals surface area contributed by atoms with Gasteiger partial charge in [-0.15, -0.1) is 11.3 Å². The van der Waals surface area contributed by atoms with E-state index in [4.69, 9.17) is 5.73 Å². The summed E-state index contributed by atoms with van der Waals surface area (Å²) in [6, 6.07) is 4.97. The van der Waals surface area contributed by atoms with Gasteiger partial charge < -0.3 is 5.73 Å². The second kappa shape index (κ2) is 4.74. The van der Waals surface area contributed by atoms with Gasteiger partial charge in [0.15, 0.2) is 0 Å². The summed E-state index contributed by atoms with van der Waals surface area (Å²) in [6.45, 7) is 2.23. The molecule has 0 aromatic carbocycles. The van der Waals surface area contributed by atoms with Gasteiger partial charge in [-0.05, 0) is 62.0 Å². The van der Waals surface area contributed by atoms with Crippen molar-refractivity contribution in [2.24, 2.45) is 23.5 Å². The Morgan fingerprint density at radius 1 is 1.29 bits per heavy atom. The van der Waals surface area contributed by atoms with Crippen LogP contribution < -0.4 is 5.73 Å². The van der Waals surface area contributed by atoms with Crippen LogP contribution in [0.5, 0.6) is 0 Å². The van der Waals surface area contributed by atoms with Crippen LogP contribution in [0.4, 0.5) is 0 Å². The SMILES string of the molecule is CCc1ccc(CC(N)C2CC3CCC2C3)s1. The van der Waals surface area contributed by atoms with E-state index >= 15 is 0 Å². The summed E-state index contributed by atoms with van der Waals surface area (Å²) < 4.78 is 0. The monoisotopic (exact) mass is 249 g/mol. The van der Waals surface area contributed by atoms with Gasteiger partial charge in [-0.25, -0.2) is 0 Å². The molecule has 2 saturated carbocycles. The number of nitrogens with two attached hydrogens (primary N) is 1. The lowest BCUT2D eigenvalue weighted by molar-refractivity contribution is 0.281. The van der Waals surface area contributed by atoms with Crippen molar-refractivity contribution < 1.29 is 0 Å². The van der Waals surface area contributed by atoms with E-state index in [0.29, 0.717) is 6.04 Å². The number of rotatable bonds is 4. The van der Waals surface area contributed by atoms with Crippen LogP contribution in [0.3, 0.4) is 0 Å². The molecule has 2 fully saturated rings. The lowest BCUT2D eigenvalue weighted by Crippen LogP contribution is -2.35. The van der Waals surface area contributed by atoms with Crippen LogP contribution in [0.15, 0.2) is 12.1 Å². The maximum Gasteiger partial charge on any atom is 0.0118 e. The van der Waals surface area contributed by atoms with E-state index in [-0.39, 0.29) is 0 Å². The van der Waals surface area contributed by atoms with E-state index in [9.17, 15) is 0 Å². The standard InChI is InChI=1S/C15H23NS/c1-2-12-5-6-13(17-12)9-15(16)14-8-10-3-4-11(14)7-10/h5-6,10-11,14-15H,2-4,7-9,16H2,1H3. The van der Waals surface area contributed by atoms with Crippen LogP contribution in [-0.2, 0) is 12.8 Å². The van der Waals surface area contributed by atoms with Gasteiger partial charge in [0.2, 0.25) is 0 Å². The van der Waals surface area contributed by atoms with Gasteiger partial charge in [-0.3, -0.25) is 0 Å². The first kappa shape index (κ1) is 11.7. The molecular formula is C15H23NS. The fourth-order valence-electron chi connectivity index (χ4n) is 3.92. The fourth-order valence-corrected chi connectivity index (χ4v) is 4.95. The number of fused-ring (bicyclic) bond motifs is 2. The number of hydrogen-bond donors (Lipinski definition) is 1. The van der Waals surface area contributed by atoms with Gasteiger partial charge in [0.05, 0.1) is 0 Å². The Bertz CT molecular complexity index is 384. The third kappa shape index (κ3) is 2.30. The van der Waals surface area contributed by atoms with Crippen molar-refractivity contribution in [3.05, 3.63) is 21.9 Å². The second-order valence-corrected chi connectivity index (χ2v) is 7.18. The smallest absolute Gasteiger partial charge is 0.0118 e. The highest BCUT2D eigenvalue weighted by Gasteiger charge is 2.41. The maximum atomic E-state index is 6.45. The summed E-state index contributed by atoms with van der Waals surface area (Å²) in [6.07, 6.45) is 8.09. The van der Waals surface area contributed by atoms with Crippen LogP contribution in [0.2, 0.25) is 0 Å². The van der Waals surface area contributed by atoms with Gasteiger partial charge in [0.25, 0.3) is 0 Å². The van der Waals surface area contributed by atoms with Crippen LogP contribution in [0.25, 0.3) is 0 Å². The van der Waals surface area contributed by atoms with Gasteiger partial charge in [0.1, 0.15) is 0 Å². The van der Waals surface area contributed by atoms with Crippen molar-refractivity contribution in [2.45, 2.75) is 51.5 Å². The molecule has 1 aromatic heterocycles. The fraction of sp³-hybridized carbons (Fsp3) is 0.733. The molecule has 0 saturated heterocycles. The van der Waals surface area contributed by atoms with Gasteiger partial charge in [-0.1, -0.05) is 13.3 Å². The largest absolute Gasteiger partial charge is 0.327 e. The Morgan fingerprint density at radius 3 is 2.71 bits per heavy atom. The molecule has 4 atom stereocenters. The topological polar surface area (TPSA) is 26.0 Å². The normalized spacial score (nSPS) is 33.2. The molecule has 1 aromatic rings. The molecule has 4 unspecified atom stereocenters. The predicted molar refractivity (Wildman–Crippen MR) is 74.3 cm³/mol. The highest BCUT2D eigenvalue weighted by molar-refractivity contribution is 7.11. The molecule has 0 radical (unpaired) electrons. The third-order valence-corrected chi connectivity index (χ3v) is 6.10. The quantitative estimate of drug-likeness (QED) is 0.866. The molecule has 0 amide bonds. The summed E-state index contributed by atoms with van der Waals surface area (Å²) in [5.74, 6) is 2.80. The molecule has 94 valence electrons. The minimum absolute atomic E-state index is 0.411. The lowest BCUT2D eigenvalue weighted by atomic mass is 9.82. The number of thiophene rings is 1. The van der Waals surface area contributed by atoms with Gasteiger partial charge >= 0.3 is 0 Å². The Labute approximate surface area is 108 Å². The van der Waals surface area contributed by atoms with Crippen molar-refractivity contribution in [3.63, 3.8) is 0 Å². The minimum atomic E-state index is 0.411.